The van der Waals surface area contributed by atoms with Crippen LogP contribution in [0.4, 0.5) is 0 Å². The monoisotopic (exact) mass is 247 g/mol. The van der Waals surface area contributed by atoms with Gasteiger partial charge in [0.05, 0.1) is 6.42 Å². The van der Waals surface area contributed by atoms with Gasteiger partial charge >= 0.3 is 5.97 Å². The quantitative estimate of drug-likeness (QED) is 0.669. The van der Waals surface area contributed by atoms with Gasteiger partial charge in [0.15, 0.2) is 0 Å². The van der Waals surface area contributed by atoms with Gasteiger partial charge in [-0.05, 0) is 19.3 Å². The number of nitrogens with two attached hydrogens (primary N) is 1. The molecule has 14 heavy (non-hydrogen) atoms. The normalized spacial score (nSPS) is 11.0. The SMILES string of the molecule is COCCCCC(N)CC(=O)O.Cl.Cl. The van der Waals surface area contributed by atoms with Gasteiger partial charge in [-0.3, -0.25) is 4.79 Å². The summed E-state index contributed by atoms with van der Waals surface area (Å²) in [6, 6.07) is -0.209. The minimum absolute atomic E-state index is 0. The minimum atomic E-state index is -0.825. The minimum Gasteiger partial charge on any atom is -0.481 e. The van der Waals surface area contributed by atoms with Crippen LogP contribution >= 0.6 is 24.8 Å². The molecule has 0 spiro atoms. The molecule has 0 rings (SSSR count). The molecule has 0 heterocycles. The van der Waals surface area contributed by atoms with Crippen LogP contribution in [0.3, 0.4) is 0 Å². The van der Waals surface area contributed by atoms with Gasteiger partial charge in [-0.1, -0.05) is 0 Å². The first-order chi connectivity index (χ1) is 5.66. The number of carboxylic acids is 1. The van der Waals surface area contributed by atoms with Gasteiger partial charge < -0.3 is 15.6 Å². The first-order valence-electron chi connectivity index (χ1n) is 4.13. The second-order valence-electron chi connectivity index (χ2n) is 2.85. The number of carboxylic acid groups (broad SMARTS) is 1. The van der Waals surface area contributed by atoms with Crippen LogP contribution < -0.4 is 5.73 Å². The first-order valence-corrected chi connectivity index (χ1v) is 4.13. The molecule has 0 aromatic rings. The summed E-state index contributed by atoms with van der Waals surface area (Å²) in [7, 11) is 1.65. The number of ether oxygens (including phenoxy) is 1. The summed E-state index contributed by atoms with van der Waals surface area (Å²) in [5.41, 5.74) is 5.54. The molecule has 1 atom stereocenters. The lowest BCUT2D eigenvalue weighted by Gasteiger charge is -2.07. The van der Waals surface area contributed by atoms with Crippen molar-refractivity contribution >= 4 is 30.8 Å². The zero-order valence-electron chi connectivity index (χ0n) is 8.27. The third-order valence-corrected chi connectivity index (χ3v) is 1.61. The number of unbranched alkanes of at least 4 members (excludes halogenated alkanes) is 1. The third-order valence-electron chi connectivity index (χ3n) is 1.61. The van der Waals surface area contributed by atoms with Crippen molar-refractivity contribution in [3.8, 4) is 0 Å². The lowest BCUT2D eigenvalue weighted by atomic mass is 10.1. The topological polar surface area (TPSA) is 72.5 Å². The van der Waals surface area contributed by atoms with E-state index in [-0.39, 0.29) is 37.3 Å². The molecule has 88 valence electrons. The van der Waals surface area contributed by atoms with Crippen molar-refractivity contribution < 1.29 is 14.6 Å². The Labute approximate surface area is 97.0 Å². The van der Waals surface area contributed by atoms with E-state index in [0.717, 1.165) is 25.9 Å². The van der Waals surface area contributed by atoms with Gasteiger partial charge in [0.25, 0.3) is 0 Å². The Bertz CT molecular complexity index is 136. The summed E-state index contributed by atoms with van der Waals surface area (Å²) < 4.78 is 4.85. The summed E-state index contributed by atoms with van der Waals surface area (Å²) in [5, 5.41) is 8.38. The van der Waals surface area contributed by atoms with Crippen molar-refractivity contribution in [2.75, 3.05) is 13.7 Å². The molecule has 0 aliphatic heterocycles. The molecule has 0 aromatic heterocycles. The van der Waals surface area contributed by atoms with Gasteiger partial charge in [0.2, 0.25) is 0 Å². The predicted molar refractivity (Wildman–Crippen MR) is 60.5 cm³/mol. The predicted octanol–water partition coefficient (Wildman–Crippen LogP) is 1.45. The summed E-state index contributed by atoms with van der Waals surface area (Å²) in [4.78, 5) is 10.2. The molecule has 0 amide bonds. The molecule has 0 aliphatic carbocycles. The second kappa shape index (κ2) is 13.0. The Kier molecular flexibility index (Phi) is 18.1. The molecule has 4 nitrogen and oxygen atoms in total. The van der Waals surface area contributed by atoms with Crippen LogP contribution in [-0.4, -0.2) is 30.8 Å². The Morgan fingerprint density at radius 3 is 2.43 bits per heavy atom. The molecule has 1 unspecified atom stereocenters. The highest BCUT2D eigenvalue weighted by Gasteiger charge is 2.06. The molecule has 0 aliphatic rings. The molecule has 3 N–H and O–H groups in total. The second-order valence-corrected chi connectivity index (χ2v) is 2.85. The fourth-order valence-electron chi connectivity index (χ4n) is 0.979. The number of rotatable bonds is 7. The van der Waals surface area contributed by atoms with E-state index in [1.165, 1.54) is 0 Å². The summed E-state index contributed by atoms with van der Waals surface area (Å²) in [5.74, 6) is -0.825. The van der Waals surface area contributed by atoms with Crippen LogP contribution in [-0.2, 0) is 9.53 Å². The van der Waals surface area contributed by atoms with Gasteiger partial charge in [0.1, 0.15) is 0 Å². The van der Waals surface area contributed by atoms with Crippen LogP contribution in [0.15, 0.2) is 0 Å². The maximum Gasteiger partial charge on any atom is 0.304 e. The van der Waals surface area contributed by atoms with E-state index in [1.54, 1.807) is 7.11 Å². The van der Waals surface area contributed by atoms with Gasteiger partial charge in [-0.2, -0.15) is 0 Å². The third kappa shape index (κ3) is 14.5. The largest absolute Gasteiger partial charge is 0.481 e. The smallest absolute Gasteiger partial charge is 0.304 e. The van der Waals surface area contributed by atoms with Gasteiger partial charge in [-0.25, -0.2) is 0 Å². The van der Waals surface area contributed by atoms with Crippen LogP contribution in [0, 0.1) is 0 Å². The molecule has 0 saturated carbocycles. The van der Waals surface area contributed by atoms with Crippen LogP contribution in [0.2, 0.25) is 0 Å². The van der Waals surface area contributed by atoms with E-state index in [9.17, 15) is 4.79 Å². The Morgan fingerprint density at radius 2 is 2.00 bits per heavy atom. The van der Waals surface area contributed by atoms with Crippen molar-refractivity contribution in [3.05, 3.63) is 0 Å². The van der Waals surface area contributed by atoms with Gasteiger partial charge in [0, 0.05) is 19.8 Å². The van der Waals surface area contributed by atoms with E-state index in [1.807, 2.05) is 0 Å². The maximum absolute atomic E-state index is 10.2. The number of halogens is 2. The van der Waals surface area contributed by atoms with E-state index < -0.39 is 5.97 Å². The zero-order chi connectivity index (χ0) is 9.40. The lowest BCUT2D eigenvalue weighted by Crippen LogP contribution is -2.23. The number of methoxy groups -OCH3 is 1. The summed E-state index contributed by atoms with van der Waals surface area (Å²) in [6.45, 7) is 0.722. The van der Waals surface area contributed by atoms with Crippen molar-refractivity contribution in [1.82, 2.24) is 0 Å². The summed E-state index contributed by atoms with van der Waals surface area (Å²) >= 11 is 0. The van der Waals surface area contributed by atoms with E-state index in [0.29, 0.717) is 0 Å². The fraction of sp³-hybridized carbons (Fsp3) is 0.875. The highest BCUT2D eigenvalue weighted by molar-refractivity contribution is 5.85. The molecule has 0 radical (unpaired) electrons. The van der Waals surface area contributed by atoms with Crippen molar-refractivity contribution in [1.29, 1.82) is 0 Å². The van der Waals surface area contributed by atoms with E-state index in [2.05, 4.69) is 0 Å². The number of aliphatic carboxylic acids is 1. The Balaban J connectivity index is -0.000000605. The first kappa shape index (κ1) is 19.5. The van der Waals surface area contributed by atoms with E-state index in [4.69, 9.17) is 15.6 Å². The highest BCUT2D eigenvalue weighted by Crippen LogP contribution is 2.02. The van der Waals surface area contributed by atoms with Crippen LogP contribution in [0.1, 0.15) is 25.7 Å². The maximum atomic E-state index is 10.2. The van der Waals surface area contributed by atoms with Crippen molar-refractivity contribution in [2.24, 2.45) is 5.73 Å². The lowest BCUT2D eigenvalue weighted by molar-refractivity contribution is -0.137. The highest BCUT2D eigenvalue weighted by atomic mass is 35.5. The summed E-state index contributed by atoms with van der Waals surface area (Å²) in [6.07, 6.45) is 2.70. The Hall–Kier alpha value is -0.0300. The number of carbonyl (C=O) groups is 1. The molecule has 0 aromatic carbocycles. The molecular formula is C8H19Cl2NO3. The van der Waals surface area contributed by atoms with E-state index >= 15 is 0 Å². The van der Waals surface area contributed by atoms with Gasteiger partial charge in [-0.15, -0.1) is 24.8 Å². The molecular weight excluding hydrogens is 229 g/mol. The Morgan fingerprint density at radius 1 is 1.43 bits per heavy atom. The van der Waals surface area contributed by atoms with Crippen LogP contribution in [0.25, 0.3) is 0 Å². The molecule has 0 saturated heterocycles. The molecule has 0 fully saturated rings. The zero-order valence-corrected chi connectivity index (χ0v) is 9.90. The van der Waals surface area contributed by atoms with Crippen molar-refractivity contribution in [2.45, 2.75) is 31.7 Å². The van der Waals surface area contributed by atoms with Crippen molar-refractivity contribution in [3.63, 3.8) is 0 Å². The number of hydrogen-bond acceptors (Lipinski definition) is 3. The number of hydrogen-bond donors (Lipinski definition) is 2. The average Bonchev–Trinajstić information content (AvgIpc) is 1.97. The van der Waals surface area contributed by atoms with Crippen LogP contribution in [0.5, 0.6) is 0 Å². The average molecular weight is 248 g/mol. The molecule has 0 bridgehead atoms. The standard InChI is InChI=1S/C8H17NO3.2ClH/c1-12-5-3-2-4-7(9)6-8(10)11;;/h7H,2-6,9H2,1H3,(H,10,11);2*1H. The molecule has 6 heteroatoms. The fourth-order valence-corrected chi connectivity index (χ4v) is 0.979.